The van der Waals surface area contributed by atoms with Gasteiger partial charge in [0.2, 0.25) is 5.95 Å². The summed E-state index contributed by atoms with van der Waals surface area (Å²) in [6.45, 7) is 7.54. The van der Waals surface area contributed by atoms with Crippen LogP contribution >= 0.6 is 15.9 Å². The number of aromatic nitrogens is 2. The third-order valence-electron chi connectivity index (χ3n) is 5.16. The second-order valence-electron chi connectivity index (χ2n) is 7.62. The largest absolute Gasteiger partial charge is 0.406 e. The SMILES string of the molecule is CCCN(CC(F)(F)F)C(=O)c1c(CC)nc2n1CCN2c1c(C)cc(C)cc1Br. The molecular weight excluding hydrogens is 461 g/mol. The van der Waals surface area contributed by atoms with Gasteiger partial charge in [0.1, 0.15) is 12.2 Å². The van der Waals surface area contributed by atoms with Crippen molar-refractivity contribution in [1.29, 1.82) is 0 Å². The lowest BCUT2D eigenvalue weighted by Gasteiger charge is -2.24. The molecule has 5 nitrogen and oxygen atoms in total. The zero-order valence-corrected chi connectivity index (χ0v) is 19.2. The van der Waals surface area contributed by atoms with E-state index in [1.54, 1.807) is 11.5 Å². The molecule has 0 N–H and O–H groups in total. The third kappa shape index (κ3) is 4.36. The molecule has 0 saturated carbocycles. The lowest BCUT2D eigenvalue weighted by atomic mass is 10.1. The Morgan fingerprint density at radius 3 is 2.50 bits per heavy atom. The highest BCUT2D eigenvalue weighted by molar-refractivity contribution is 9.10. The van der Waals surface area contributed by atoms with Gasteiger partial charge in [0, 0.05) is 24.1 Å². The van der Waals surface area contributed by atoms with E-state index in [1.807, 2.05) is 31.7 Å². The molecule has 3 rings (SSSR count). The van der Waals surface area contributed by atoms with Gasteiger partial charge in [-0.1, -0.05) is 19.9 Å². The number of aryl methyl sites for hydroxylation is 3. The predicted molar refractivity (Wildman–Crippen MR) is 114 cm³/mol. The number of fused-ring (bicyclic) bond motifs is 1. The average Bonchev–Trinajstić information content (AvgIpc) is 3.18. The summed E-state index contributed by atoms with van der Waals surface area (Å²) in [7, 11) is 0. The monoisotopic (exact) mass is 486 g/mol. The molecule has 164 valence electrons. The molecule has 0 unspecified atom stereocenters. The Bertz CT molecular complexity index is 931. The lowest BCUT2D eigenvalue weighted by molar-refractivity contribution is -0.140. The molecule has 1 aliphatic heterocycles. The smallest absolute Gasteiger partial charge is 0.328 e. The number of carbonyl (C=O) groups excluding carboxylic acids is 1. The van der Waals surface area contributed by atoms with Crippen molar-refractivity contribution < 1.29 is 18.0 Å². The van der Waals surface area contributed by atoms with Gasteiger partial charge in [0.05, 0.1) is 11.4 Å². The molecule has 30 heavy (non-hydrogen) atoms. The van der Waals surface area contributed by atoms with Gasteiger partial charge in [0.15, 0.2) is 0 Å². The molecule has 0 fully saturated rings. The van der Waals surface area contributed by atoms with Crippen molar-refractivity contribution >= 4 is 33.5 Å². The maximum atomic E-state index is 13.2. The zero-order chi connectivity index (χ0) is 22.2. The fourth-order valence-corrected chi connectivity index (χ4v) is 4.93. The number of hydrogen-bond donors (Lipinski definition) is 0. The Balaban J connectivity index is 2.04. The highest BCUT2D eigenvalue weighted by Crippen LogP contribution is 2.39. The molecule has 0 aliphatic carbocycles. The fraction of sp³-hybridized carbons (Fsp3) is 0.524. The van der Waals surface area contributed by atoms with Gasteiger partial charge >= 0.3 is 6.18 Å². The van der Waals surface area contributed by atoms with E-state index >= 15 is 0 Å². The number of hydrogen-bond acceptors (Lipinski definition) is 3. The van der Waals surface area contributed by atoms with Crippen molar-refractivity contribution in [1.82, 2.24) is 14.5 Å². The third-order valence-corrected chi connectivity index (χ3v) is 5.77. The van der Waals surface area contributed by atoms with E-state index in [2.05, 4.69) is 27.0 Å². The fourth-order valence-electron chi connectivity index (χ4n) is 4.04. The van der Waals surface area contributed by atoms with Gasteiger partial charge in [-0.3, -0.25) is 4.79 Å². The Hall–Kier alpha value is -2.03. The van der Waals surface area contributed by atoms with Crippen molar-refractivity contribution in [3.05, 3.63) is 39.1 Å². The molecule has 2 aromatic rings. The number of amides is 1. The van der Waals surface area contributed by atoms with E-state index in [0.29, 0.717) is 37.6 Å². The first kappa shape index (κ1) is 22.7. The number of benzene rings is 1. The normalized spacial score (nSPS) is 13.7. The second kappa shape index (κ2) is 8.61. The summed E-state index contributed by atoms with van der Waals surface area (Å²) in [4.78, 5) is 20.8. The van der Waals surface area contributed by atoms with E-state index in [-0.39, 0.29) is 12.2 Å². The summed E-state index contributed by atoms with van der Waals surface area (Å²) in [5, 5.41) is 0. The number of nitrogens with zero attached hydrogens (tertiary/aromatic N) is 4. The summed E-state index contributed by atoms with van der Waals surface area (Å²) in [6, 6.07) is 4.10. The first-order valence-corrected chi connectivity index (χ1v) is 10.9. The van der Waals surface area contributed by atoms with Gasteiger partial charge in [-0.25, -0.2) is 4.98 Å². The molecule has 1 aliphatic rings. The number of imidazole rings is 1. The van der Waals surface area contributed by atoms with Crippen molar-refractivity contribution in [3.8, 4) is 0 Å². The molecule has 1 amide bonds. The summed E-state index contributed by atoms with van der Waals surface area (Å²) >= 11 is 3.63. The quantitative estimate of drug-likeness (QED) is 0.549. The summed E-state index contributed by atoms with van der Waals surface area (Å²) < 4.78 is 41.9. The molecule has 0 bridgehead atoms. The first-order valence-electron chi connectivity index (χ1n) is 10.1. The highest BCUT2D eigenvalue weighted by atomic mass is 79.9. The molecule has 1 aromatic heterocycles. The van der Waals surface area contributed by atoms with E-state index in [4.69, 9.17) is 0 Å². The predicted octanol–water partition coefficient (Wildman–Crippen LogP) is 5.39. The van der Waals surface area contributed by atoms with Crippen molar-refractivity contribution in [2.24, 2.45) is 0 Å². The van der Waals surface area contributed by atoms with Gasteiger partial charge in [-0.2, -0.15) is 13.2 Å². The Morgan fingerprint density at radius 2 is 1.93 bits per heavy atom. The van der Waals surface area contributed by atoms with Crippen LogP contribution in [0.25, 0.3) is 0 Å². The van der Waals surface area contributed by atoms with Crippen LogP contribution in [-0.2, 0) is 13.0 Å². The minimum Gasteiger partial charge on any atom is -0.328 e. The van der Waals surface area contributed by atoms with Crippen LogP contribution in [0.3, 0.4) is 0 Å². The minimum absolute atomic E-state index is 0.0499. The summed E-state index contributed by atoms with van der Waals surface area (Å²) in [5.41, 5.74) is 3.95. The van der Waals surface area contributed by atoms with Gasteiger partial charge in [-0.05, 0) is 59.8 Å². The molecule has 0 radical (unpaired) electrons. The van der Waals surface area contributed by atoms with Crippen molar-refractivity contribution in [2.45, 2.75) is 53.3 Å². The van der Waals surface area contributed by atoms with Crippen LogP contribution in [0.2, 0.25) is 0 Å². The first-order chi connectivity index (χ1) is 14.1. The number of halogens is 4. The molecule has 1 aromatic carbocycles. The molecule has 0 atom stereocenters. The van der Waals surface area contributed by atoms with E-state index < -0.39 is 18.6 Å². The Labute approximate surface area is 183 Å². The summed E-state index contributed by atoms with van der Waals surface area (Å²) in [5.74, 6) is -0.00220. The average molecular weight is 487 g/mol. The van der Waals surface area contributed by atoms with Gasteiger partial charge < -0.3 is 14.4 Å². The number of carbonyl (C=O) groups is 1. The van der Waals surface area contributed by atoms with Crippen LogP contribution in [0, 0.1) is 13.8 Å². The standard InChI is InChI=1S/C21H26BrF3N4O/c1-5-7-27(12-21(23,24)25)19(30)18-16(6-2)26-20-28(8-9-29(18)20)17-14(4)10-13(3)11-15(17)22/h10-11H,5-9,12H2,1-4H3. The number of alkyl halides is 3. The van der Waals surface area contributed by atoms with Crippen LogP contribution in [0.4, 0.5) is 24.8 Å². The highest BCUT2D eigenvalue weighted by Gasteiger charge is 2.37. The minimum atomic E-state index is -4.44. The van der Waals surface area contributed by atoms with Crippen LogP contribution in [0.5, 0.6) is 0 Å². The second-order valence-corrected chi connectivity index (χ2v) is 8.47. The maximum absolute atomic E-state index is 13.2. The molecule has 0 saturated heterocycles. The van der Waals surface area contributed by atoms with E-state index in [9.17, 15) is 18.0 Å². The van der Waals surface area contributed by atoms with E-state index in [0.717, 1.165) is 26.2 Å². The number of rotatable bonds is 6. The topological polar surface area (TPSA) is 41.4 Å². The van der Waals surface area contributed by atoms with Crippen molar-refractivity contribution in [2.75, 3.05) is 24.5 Å². The van der Waals surface area contributed by atoms with Crippen LogP contribution in [0.1, 0.15) is 47.6 Å². The number of anilines is 2. The van der Waals surface area contributed by atoms with Gasteiger partial charge in [-0.15, -0.1) is 0 Å². The maximum Gasteiger partial charge on any atom is 0.406 e. The Morgan fingerprint density at radius 1 is 1.23 bits per heavy atom. The van der Waals surface area contributed by atoms with Gasteiger partial charge in [0.25, 0.3) is 5.91 Å². The molecular formula is C21H26BrF3N4O. The van der Waals surface area contributed by atoms with Crippen LogP contribution in [0.15, 0.2) is 16.6 Å². The lowest BCUT2D eigenvalue weighted by Crippen LogP contribution is -2.40. The van der Waals surface area contributed by atoms with Crippen LogP contribution in [-0.4, -0.2) is 46.2 Å². The Kier molecular flexibility index (Phi) is 6.50. The molecule has 9 heteroatoms. The van der Waals surface area contributed by atoms with Crippen molar-refractivity contribution in [3.63, 3.8) is 0 Å². The summed E-state index contributed by atoms with van der Waals surface area (Å²) in [6.07, 6.45) is -3.53. The van der Waals surface area contributed by atoms with E-state index in [1.165, 1.54) is 0 Å². The zero-order valence-electron chi connectivity index (χ0n) is 17.6. The molecule has 2 heterocycles. The molecule has 0 spiro atoms. The van der Waals surface area contributed by atoms with Crippen LogP contribution < -0.4 is 4.90 Å².